The summed E-state index contributed by atoms with van der Waals surface area (Å²) >= 11 is 0. The van der Waals surface area contributed by atoms with Gasteiger partial charge in [0, 0.05) is 17.3 Å². The highest BCUT2D eigenvalue weighted by Gasteiger charge is 2.47. The molecule has 2 heterocycles. The van der Waals surface area contributed by atoms with E-state index < -0.39 is 40.9 Å². The maximum absolute atomic E-state index is 14.0. The van der Waals surface area contributed by atoms with E-state index in [2.05, 4.69) is 0 Å². The van der Waals surface area contributed by atoms with Crippen molar-refractivity contribution in [3.8, 4) is 11.5 Å². The number of fused-ring (bicyclic) bond motifs is 1. The average Bonchev–Trinajstić information content (AvgIpc) is 3.11. The van der Waals surface area contributed by atoms with Crippen LogP contribution in [0.15, 0.2) is 66.2 Å². The maximum Gasteiger partial charge on any atom is 0.300 e. The Labute approximate surface area is 191 Å². The fraction of sp³-hybridized carbons (Fsp3) is 0.120. The minimum atomic E-state index is -1.22. The predicted molar refractivity (Wildman–Crippen MR) is 115 cm³/mol. The monoisotopic (exact) mass is 467 g/mol. The molecule has 9 heteroatoms. The second-order valence-electron chi connectivity index (χ2n) is 7.68. The molecular weight excluding hydrogens is 451 g/mol. The fourth-order valence-corrected chi connectivity index (χ4v) is 4.04. The van der Waals surface area contributed by atoms with Gasteiger partial charge in [0.05, 0.1) is 11.6 Å². The zero-order valence-corrected chi connectivity index (χ0v) is 17.4. The molecule has 2 aliphatic heterocycles. The molecule has 0 saturated carbocycles. The van der Waals surface area contributed by atoms with E-state index in [1.165, 1.54) is 24.3 Å². The number of ether oxygens (including phenoxy) is 2. The van der Waals surface area contributed by atoms with Gasteiger partial charge in [-0.2, -0.15) is 0 Å². The Morgan fingerprint density at radius 2 is 1.56 bits per heavy atom. The largest absolute Gasteiger partial charge is 0.507 e. The number of hydrogen-bond acceptors (Lipinski definition) is 5. The number of amides is 1. The van der Waals surface area contributed by atoms with Crippen molar-refractivity contribution in [1.29, 1.82) is 0 Å². The van der Waals surface area contributed by atoms with Crippen LogP contribution in [-0.2, 0) is 9.59 Å². The Morgan fingerprint density at radius 3 is 2.26 bits per heavy atom. The van der Waals surface area contributed by atoms with Crippen LogP contribution >= 0.6 is 0 Å². The van der Waals surface area contributed by atoms with Crippen molar-refractivity contribution >= 4 is 23.1 Å². The van der Waals surface area contributed by atoms with E-state index in [0.29, 0.717) is 24.7 Å². The van der Waals surface area contributed by atoms with Crippen LogP contribution in [0.5, 0.6) is 11.5 Å². The molecule has 6 nitrogen and oxygen atoms in total. The lowest BCUT2D eigenvalue weighted by Crippen LogP contribution is -2.29. The number of ketones is 1. The lowest BCUT2D eigenvalue weighted by atomic mass is 9.95. The van der Waals surface area contributed by atoms with E-state index in [0.717, 1.165) is 35.2 Å². The summed E-state index contributed by atoms with van der Waals surface area (Å²) in [7, 11) is 0. The van der Waals surface area contributed by atoms with Gasteiger partial charge in [-0.1, -0.05) is 12.1 Å². The van der Waals surface area contributed by atoms with Crippen molar-refractivity contribution in [3.05, 3.63) is 94.8 Å². The zero-order chi connectivity index (χ0) is 24.0. The molecule has 1 unspecified atom stereocenters. The van der Waals surface area contributed by atoms with Gasteiger partial charge in [0.1, 0.15) is 24.8 Å². The highest BCUT2D eigenvalue weighted by Crippen LogP contribution is 2.43. The van der Waals surface area contributed by atoms with Crippen molar-refractivity contribution in [3.63, 3.8) is 0 Å². The molecule has 0 bridgehead atoms. The highest BCUT2D eigenvalue weighted by atomic mass is 19.2. The molecule has 34 heavy (non-hydrogen) atoms. The molecule has 0 aromatic heterocycles. The molecule has 3 aromatic rings. The molecule has 2 aliphatic rings. The van der Waals surface area contributed by atoms with Gasteiger partial charge >= 0.3 is 0 Å². The van der Waals surface area contributed by atoms with Gasteiger partial charge in [-0.15, -0.1) is 0 Å². The first-order valence-electron chi connectivity index (χ1n) is 10.3. The van der Waals surface area contributed by atoms with Gasteiger partial charge in [-0.3, -0.25) is 14.5 Å². The molecule has 0 spiro atoms. The van der Waals surface area contributed by atoms with E-state index in [1.807, 2.05) is 0 Å². The van der Waals surface area contributed by atoms with Gasteiger partial charge in [-0.25, -0.2) is 13.2 Å². The van der Waals surface area contributed by atoms with Crippen LogP contribution in [0, 0.1) is 17.5 Å². The third-order valence-electron chi connectivity index (χ3n) is 5.63. The molecule has 1 N–H and O–H groups in total. The third kappa shape index (κ3) is 3.55. The molecule has 3 aromatic carbocycles. The van der Waals surface area contributed by atoms with Crippen LogP contribution < -0.4 is 14.4 Å². The Balaban J connectivity index is 1.70. The van der Waals surface area contributed by atoms with Crippen LogP contribution in [0.1, 0.15) is 17.2 Å². The number of rotatable bonds is 3. The highest BCUT2D eigenvalue weighted by molar-refractivity contribution is 6.51. The predicted octanol–water partition coefficient (Wildman–Crippen LogP) is 4.50. The Kier molecular flexibility index (Phi) is 5.24. The quantitative estimate of drug-likeness (QED) is 0.349. The number of nitrogens with zero attached hydrogens (tertiary/aromatic N) is 1. The number of carbonyl (C=O) groups excluding carboxylic acids is 2. The standard InChI is InChI=1S/C25H16F3NO5/c26-15-4-1-13(2-5-15)22-21(23(30)14-3-8-19-20(11-14)34-10-9-33-19)24(31)25(32)29(22)16-6-7-17(27)18(28)12-16/h1-8,11-12,22,30H,9-10H2/b23-21-. The summed E-state index contributed by atoms with van der Waals surface area (Å²) in [5, 5.41) is 11.1. The van der Waals surface area contributed by atoms with Crippen molar-refractivity contribution in [1.82, 2.24) is 0 Å². The topological polar surface area (TPSA) is 76.1 Å². The van der Waals surface area contributed by atoms with E-state index >= 15 is 0 Å². The first-order chi connectivity index (χ1) is 16.3. The number of carbonyl (C=O) groups is 2. The number of halogens is 3. The number of Topliss-reactive ketones (excluding diaryl/α,β-unsaturated/α-hetero) is 1. The van der Waals surface area contributed by atoms with Crippen LogP contribution in [0.2, 0.25) is 0 Å². The summed E-state index contributed by atoms with van der Waals surface area (Å²) in [4.78, 5) is 27.1. The maximum atomic E-state index is 14.0. The van der Waals surface area contributed by atoms with Gasteiger partial charge in [0.2, 0.25) is 0 Å². The van der Waals surface area contributed by atoms with E-state index in [-0.39, 0.29) is 22.4 Å². The number of aliphatic hydroxyl groups is 1. The van der Waals surface area contributed by atoms with E-state index in [4.69, 9.17) is 9.47 Å². The summed E-state index contributed by atoms with van der Waals surface area (Å²) in [6, 6.07) is 11.0. The van der Waals surface area contributed by atoms with Gasteiger partial charge in [0.15, 0.2) is 23.1 Å². The lowest BCUT2D eigenvalue weighted by Gasteiger charge is -2.25. The normalized spacial score (nSPS) is 18.9. The van der Waals surface area contributed by atoms with Gasteiger partial charge in [0.25, 0.3) is 11.7 Å². The average molecular weight is 467 g/mol. The van der Waals surface area contributed by atoms with E-state index in [9.17, 15) is 27.9 Å². The smallest absolute Gasteiger partial charge is 0.300 e. The molecule has 1 atom stereocenters. The minimum Gasteiger partial charge on any atom is -0.507 e. The number of aliphatic hydroxyl groups excluding tert-OH is 1. The van der Waals surface area contributed by atoms with Crippen molar-refractivity contribution in [2.24, 2.45) is 0 Å². The molecule has 5 rings (SSSR count). The van der Waals surface area contributed by atoms with Crippen LogP contribution in [0.3, 0.4) is 0 Å². The number of anilines is 1. The lowest BCUT2D eigenvalue weighted by molar-refractivity contribution is -0.132. The molecular formula is C25H16F3NO5. The summed E-state index contributed by atoms with van der Waals surface area (Å²) in [5.41, 5.74) is 0.0682. The number of benzene rings is 3. The van der Waals surface area contributed by atoms with Crippen LogP contribution in [-0.4, -0.2) is 30.0 Å². The minimum absolute atomic E-state index is 0.100. The van der Waals surface area contributed by atoms with Crippen molar-refractivity contribution in [2.75, 3.05) is 18.1 Å². The number of hydrogen-bond donors (Lipinski definition) is 1. The second kappa shape index (κ2) is 8.26. The molecule has 172 valence electrons. The summed E-state index contributed by atoms with van der Waals surface area (Å²) in [6.45, 7) is 0.662. The first-order valence-corrected chi connectivity index (χ1v) is 10.3. The summed E-state index contributed by atoms with van der Waals surface area (Å²) < 4.78 is 52.1. The zero-order valence-electron chi connectivity index (χ0n) is 17.4. The Hall–Kier alpha value is -4.27. The SMILES string of the molecule is O=C1C(=O)N(c2ccc(F)c(F)c2)C(c2ccc(F)cc2)/C1=C(/O)c1ccc2c(c1)OCCO2. The second-order valence-corrected chi connectivity index (χ2v) is 7.68. The van der Waals surface area contributed by atoms with Crippen molar-refractivity contribution in [2.45, 2.75) is 6.04 Å². The van der Waals surface area contributed by atoms with Gasteiger partial charge in [-0.05, 0) is 48.0 Å². The Bertz CT molecular complexity index is 1350. The molecule has 1 amide bonds. The third-order valence-corrected chi connectivity index (χ3v) is 5.63. The summed E-state index contributed by atoms with van der Waals surface area (Å²) in [6.07, 6.45) is 0. The van der Waals surface area contributed by atoms with Crippen LogP contribution in [0.25, 0.3) is 5.76 Å². The first kappa shape index (κ1) is 21.6. The molecule has 1 saturated heterocycles. The van der Waals surface area contributed by atoms with E-state index in [1.54, 1.807) is 6.07 Å². The van der Waals surface area contributed by atoms with Gasteiger partial charge < -0.3 is 14.6 Å². The van der Waals surface area contributed by atoms with Crippen LogP contribution in [0.4, 0.5) is 18.9 Å². The molecule has 0 aliphatic carbocycles. The Morgan fingerprint density at radius 1 is 0.853 bits per heavy atom. The fourth-order valence-electron chi connectivity index (χ4n) is 4.04. The summed E-state index contributed by atoms with van der Waals surface area (Å²) in [5.74, 6) is -4.69. The van der Waals surface area contributed by atoms with Crippen molar-refractivity contribution < 1.29 is 37.3 Å². The molecule has 0 radical (unpaired) electrons. The molecule has 1 fully saturated rings.